The van der Waals surface area contributed by atoms with Crippen LogP contribution in [-0.4, -0.2) is 49.3 Å². The third-order valence-corrected chi connectivity index (χ3v) is 5.62. The molecule has 0 unspecified atom stereocenters. The summed E-state index contributed by atoms with van der Waals surface area (Å²) in [6.07, 6.45) is 0. The average Bonchev–Trinajstić information content (AvgIpc) is 3.14. The van der Waals surface area contributed by atoms with E-state index in [1.807, 2.05) is 30.3 Å². The Morgan fingerprint density at radius 2 is 1.56 bits per heavy atom. The van der Waals surface area contributed by atoms with Gasteiger partial charge in [0.2, 0.25) is 0 Å². The van der Waals surface area contributed by atoms with Crippen molar-refractivity contribution in [2.75, 3.05) is 24.0 Å². The number of nitrogens with one attached hydrogen (secondary N) is 2. The fourth-order valence-corrected chi connectivity index (χ4v) is 3.62. The minimum Gasteiger partial charge on any atom is -0.394 e. The van der Waals surface area contributed by atoms with E-state index < -0.39 is 0 Å². The Balaban J connectivity index is 2.15. The van der Waals surface area contributed by atoms with Crippen LogP contribution in [0, 0.1) is 5.92 Å². The summed E-state index contributed by atoms with van der Waals surface area (Å²) in [5, 5.41) is 28.1. The highest BCUT2D eigenvalue weighted by Crippen LogP contribution is 2.31. The Hall–Kier alpha value is -2.71. The predicted octanol–water partition coefficient (Wildman–Crippen LogP) is 3.78. The third-order valence-electron chi connectivity index (χ3n) is 5.62. The zero-order valence-corrected chi connectivity index (χ0v) is 19.9. The van der Waals surface area contributed by atoms with Gasteiger partial charge in [0.25, 0.3) is 0 Å². The lowest BCUT2D eigenvalue weighted by molar-refractivity contribution is 0.238. The molecule has 32 heavy (non-hydrogen) atoms. The van der Waals surface area contributed by atoms with E-state index in [4.69, 9.17) is 15.1 Å². The smallest absolute Gasteiger partial charge is 0.158 e. The molecule has 0 saturated heterocycles. The molecule has 2 atom stereocenters. The first-order valence-corrected chi connectivity index (χ1v) is 11.4. The molecule has 0 spiro atoms. The zero-order chi connectivity index (χ0) is 23.4. The van der Waals surface area contributed by atoms with Gasteiger partial charge in [0.1, 0.15) is 11.3 Å². The Morgan fingerprint density at radius 3 is 2.09 bits per heavy atom. The number of fused-ring (bicyclic) bond motifs is 1. The molecule has 0 amide bonds. The van der Waals surface area contributed by atoms with Crippen LogP contribution >= 0.6 is 0 Å². The second-order valence-electron chi connectivity index (χ2n) is 9.19. The lowest BCUT2D eigenvalue weighted by atomic mass is 10.1. The SMILES string of the molecule is CC(C)c1nc(N[C@H](CO)c2ccccc2)c2nn(N[C@@H](CO)C(C)C)c(C(C)C)c2n1. The molecule has 0 saturated carbocycles. The molecular formula is C24H36N6O2. The summed E-state index contributed by atoms with van der Waals surface area (Å²) in [5.41, 5.74) is 6.67. The summed E-state index contributed by atoms with van der Waals surface area (Å²) in [4.78, 5) is 11.4. The Kier molecular flexibility index (Phi) is 7.69. The van der Waals surface area contributed by atoms with Crippen LogP contribution in [-0.2, 0) is 0 Å². The van der Waals surface area contributed by atoms with Crippen molar-refractivity contribution in [2.45, 2.75) is 65.5 Å². The lowest BCUT2D eigenvalue weighted by Gasteiger charge is -2.22. The molecule has 0 fully saturated rings. The molecule has 0 aliphatic carbocycles. The van der Waals surface area contributed by atoms with Crippen molar-refractivity contribution in [3.63, 3.8) is 0 Å². The fourth-order valence-electron chi connectivity index (χ4n) is 3.62. The number of aliphatic hydroxyl groups is 2. The highest BCUT2D eigenvalue weighted by molar-refractivity contribution is 5.88. The standard InChI is InChI=1S/C24H36N6O2/c1-14(2)18(12-31)28-30-22(15(3)4)20-21(29-30)24(27-23(26-20)16(5)6)25-19(13-32)17-10-8-7-9-11-17/h7-11,14-16,18-19,28,31-32H,12-13H2,1-6H3,(H,25,26,27)/t18-,19+/m0/s1. The van der Waals surface area contributed by atoms with E-state index in [0.717, 1.165) is 16.8 Å². The van der Waals surface area contributed by atoms with Gasteiger partial charge in [-0.25, -0.2) is 9.97 Å². The highest BCUT2D eigenvalue weighted by Gasteiger charge is 2.25. The van der Waals surface area contributed by atoms with Crippen molar-refractivity contribution in [2.24, 2.45) is 5.92 Å². The van der Waals surface area contributed by atoms with Crippen LogP contribution in [0.15, 0.2) is 30.3 Å². The molecular weight excluding hydrogens is 404 g/mol. The van der Waals surface area contributed by atoms with E-state index in [-0.39, 0.29) is 43.1 Å². The molecule has 0 aliphatic rings. The molecule has 0 bridgehead atoms. The van der Waals surface area contributed by atoms with Crippen LogP contribution in [0.25, 0.3) is 11.0 Å². The van der Waals surface area contributed by atoms with Crippen LogP contribution < -0.4 is 10.7 Å². The number of rotatable bonds is 10. The number of hydrogen-bond donors (Lipinski definition) is 4. The normalized spacial score (nSPS) is 13.8. The zero-order valence-electron chi connectivity index (χ0n) is 19.9. The number of hydrogen-bond acceptors (Lipinski definition) is 7. The van der Waals surface area contributed by atoms with E-state index in [9.17, 15) is 10.2 Å². The van der Waals surface area contributed by atoms with Crippen molar-refractivity contribution in [1.29, 1.82) is 0 Å². The molecule has 1 aromatic carbocycles. The maximum absolute atomic E-state index is 10.1. The van der Waals surface area contributed by atoms with Gasteiger partial charge < -0.3 is 21.0 Å². The first-order valence-electron chi connectivity index (χ1n) is 11.4. The summed E-state index contributed by atoms with van der Waals surface area (Å²) in [7, 11) is 0. The Bertz CT molecular complexity index is 1020. The van der Waals surface area contributed by atoms with E-state index in [1.54, 1.807) is 4.79 Å². The molecule has 8 heteroatoms. The molecule has 8 nitrogen and oxygen atoms in total. The van der Waals surface area contributed by atoms with Crippen molar-refractivity contribution in [1.82, 2.24) is 19.9 Å². The second kappa shape index (κ2) is 10.3. The predicted molar refractivity (Wildman–Crippen MR) is 128 cm³/mol. The number of benzene rings is 1. The number of anilines is 1. The minimum atomic E-state index is -0.323. The largest absolute Gasteiger partial charge is 0.394 e. The molecule has 3 rings (SSSR count). The van der Waals surface area contributed by atoms with Crippen LogP contribution in [0.2, 0.25) is 0 Å². The van der Waals surface area contributed by atoms with Crippen molar-refractivity contribution < 1.29 is 10.2 Å². The maximum Gasteiger partial charge on any atom is 0.158 e. The monoisotopic (exact) mass is 440 g/mol. The summed E-state index contributed by atoms with van der Waals surface area (Å²) >= 11 is 0. The Morgan fingerprint density at radius 1 is 0.875 bits per heavy atom. The topological polar surface area (TPSA) is 108 Å². The summed E-state index contributed by atoms with van der Waals surface area (Å²) < 4.78 is 0. The van der Waals surface area contributed by atoms with Gasteiger partial charge in [-0.2, -0.15) is 4.79 Å². The third kappa shape index (κ3) is 5.02. The van der Waals surface area contributed by atoms with E-state index >= 15 is 0 Å². The van der Waals surface area contributed by atoms with Gasteiger partial charge in [-0.1, -0.05) is 71.9 Å². The maximum atomic E-state index is 10.1. The Labute approximate surface area is 190 Å². The summed E-state index contributed by atoms with van der Waals surface area (Å²) in [5.74, 6) is 1.80. The molecule has 4 N–H and O–H groups in total. The lowest BCUT2D eigenvalue weighted by Crippen LogP contribution is -2.37. The second-order valence-corrected chi connectivity index (χ2v) is 9.19. The van der Waals surface area contributed by atoms with Crippen molar-refractivity contribution in [3.05, 3.63) is 47.4 Å². The van der Waals surface area contributed by atoms with Gasteiger partial charge in [-0.05, 0) is 17.4 Å². The van der Waals surface area contributed by atoms with E-state index in [1.165, 1.54) is 0 Å². The minimum absolute atomic E-state index is 0.0000303. The van der Waals surface area contributed by atoms with Gasteiger partial charge in [-0.15, -0.1) is 5.10 Å². The van der Waals surface area contributed by atoms with Gasteiger partial charge >= 0.3 is 0 Å². The van der Waals surface area contributed by atoms with Gasteiger partial charge in [0.05, 0.1) is 31.0 Å². The van der Waals surface area contributed by atoms with Gasteiger partial charge in [0.15, 0.2) is 11.3 Å². The average molecular weight is 441 g/mol. The highest BCUT2D eigenvalue weighted by atomic mass is 16.3. The van der Waals surface area contributed by atoms with E-state index in [0.29, 0.717) is 17.2 Å². The molecule has 3 aromatic rings. The number of aromatic nitrogens is 4. The first kappa shape index (κ1) is 23.9. The van der Waals surface area contributed by atoms with E-state index in [2.05, 4.69) is 52.3 Å². The first-order chi connectivity index (χ1) is 15.3. The van der Waals surface area contributed by atoms with Gasteiger partial charge in [0, 0.05) is 5.92 Å². The number of aliphatic hydroxyl groups excluding tert-OH is 2. The van der Waals surface area contributed by atoms with Gasteiger partial charge in [-0.3, -0.25) is 0 Å². The van der Waals surface area contributed by atoms with Crippen LogP contribution in [0.3, 0.4) is 0 Å². The van der Waals surface area contributed by atoms with Crippen LogP contribution in [0.5, 0.6) is 0 Å². The molecule has 2 heterocycles. The number of nitrogens with zero attached hydrogens (tertiary/aromatic N) is 4. The summed E-state index contributed by atoms with van der Waals surface area (Å²) in [6, 6.07) is 9.33. The quantitative estimate of drug-likeness (QED) is 0.380. The molecule has 0 radical (unpaired) electrons. The van der Waals surface area contributed by atoms with Crippen molar-refractivity contribution in [3.8, 4) is 0 Å². The fraction of sp³-hybridized carbons (Fsp3) is 0.542. The van der Waals surface area contributed by atoms with Crippen LogP contribution in [0.1, 0.15) is 76.5 Å². The molecule has 0 aliphatic heterocycles. The van der Waals surface area contributed by atoms with Crippen molar-refractivity contribution >= 4 is 16.9 Å². The summed E-state index contributed by atoms with van der Waals surface area (Å²) in [6.45, 7) is 12.4. The van der Waals surface area contributed by atoms with Crippen LogP contribution in [0.4, 0.5) is 5.82 Å². The molecule has 174 valence electrons. The molecule has 2 aromatic heterocycles.